The van der Waals surface area contributed by atoms with Crippen molar-refractivity contribution in [3.8, 4) is 11.1 Å². The average Bonchev–Trinajstić information content (AvgIpc) is 2.84. The Kier molecular flexibility index (Phi) is 6.04. The van der Waals surface area contributed by atoms with E-state index in [-0.39, 0.29) is 11.6 Å². The summed E-state index contributed by atoms with van der Waals surface area (Å²) >= 11 is 0. The number of carbonyl (C=O) groups is 1. The van der Waals surface area contributed by atoms with E-state index in [9.17, 15) is 9.90 Å². The van der Waals surface area contributed by atoms with Crippen molar-refractivity contribution in [1.82, 2.24) is 19.9 Å². The van der Waals surface area contributed by atoms with Gasteiger partial charge in [-0.15, -0.1) is 0 Å². The van der Waals surface area contributed by atoms with Crippen molar-refractivity contribution in [3.63, 3.8) is 0 Å². The van der Waals surface area contributed by atoms with Crippen molar-refractivity contribution in [2.24, 2.45) is 0 Å². The molecule has 0 saturated carbocycles. The minimum Gasteiger partial charge on any atom is -0.388 e. The Hall–Kier alpha value is -3.91. The van der Waals surface area contributed by atoms with Gasteiger partial charge in [0.25, 0.3) is 5.91 Å². The van der Waals surface area contributed by atoms with Gasteiger partial charge in [-0.1, -0.05) is 6.92 Å². The van der Waals surface area contributed by atoms with Crippen LogP contribution in [0.2, 0.25) is 0 Å². The maximum Gasteiger partial charge on any atom is 0.274 e. The Labute approximate surface area is 185 Å². The summed E-state index contributed by atoms with van der Waals surface area (Å²) in [7, 11) is 1.81. The topological polar surface area (TPSA) is 113 Å². The zero-order valence-electron chi connectivity index (χ0n) is 18.1. The van der Waals surface area contributed by atoms with Crippen LogP contribution in [0.5, 0.6) is 0 Å². The number of pyridine rings is 4. The van der Waals surface area contributed by atoms with E-state index < -0.39 is 6.10 Å². The second-order valence-electron chi connectivity index (χ2n) is 7.45. The van der Waals surface area contributed by atoms with Gasteiger partial charge in [-0.3, -0.25) is 19.7 Å². The third-order valence-electron chi connectivity index (χ3n) is 5.27. The number of aryl methyl sites for hydroxylation is 1. The summed E-state index contributed by atoms with van der Waals surface area (Å²) in [6, 6.07) is 9.06. The van der Waals surface area contributed by atoms with E-state index in [1.54, 1.807) is 30.7 Å². The molecule has 0 bridgehead atoms. The molecular weight excluding hydrogens is 404 g/mol. The molecule has 32 heavy (non-hydrogen) atoms. The zero-order valence-corrected chi connectivity index (χ0v) is 18.1. The predicted octanol–water partition coefficient (Wildman–Crippen LogP) is 4.13. The maximum atomic E-state index is 12.7. The first-order valence-corrected chi connectivity index (χ1v) is 10.3. The lowest BCUT2D eigenvalue weighted by Crippen LogP contribution is -2.14. The van der Waals surface area contributed by atoms with E-state index in [4.69, 9.17) is 0 Å². The molecule has 0 spiro atoms. The van der Waals surface area contributed by atoms with Gasteiger partial charge < -0.3 is 15.7 Å². The molecule has 1 unspecified atom stereocenters. The normalized spacial score (nSPS) is 11.9. The smallest absolute Gasteiger partial charge is 0.274 e. The number of nitrogens with zero attached hydrogens (tertiary/aromatic N) is 4. The Balaban J connectivity index is 1.62. The van der Waals surface area contributed by atoms with Gasteiger partial charge in [0.15, 0.2) is 0 Å². The van der Waals surface area contributed by atoms with Crippen LogP contribution in [-0.2, 0) is 0 Å². The van der Waals surface area contributed by atoms with E-state index in [0.29, 0.717) is 17.7 Å². The molecule has 0 fully saturated rings. The van der Waals surface area contributed by atoms with Crippen LogP contribution in [0.25, 0.3) is 22.0 Å². The van der Waals surface area contributed by atoms with Crippen molar-refractivity contribution in [1.29, 1.82) is 0 Å². The highest BCUT2D eigenvalue weighted by molar-refractivity contribution is 6.03. The number of amides is 1. The van der Waals surface area contributed by atoms with Crippen LogP contribution in [0.3, 0.4) is 0 Å². The first-order chi connectivity index (χ1) is 15.5. The molecule has 4 heterocycles. The van der Waals surface area contributed by atoms with Crippen LogP contribution < -0.4 is 10.6 Å². The summed E-state index contributed by atoms with van der Waals surface area (Å²) < 4.78 is 0. The number of aromatic nitrogens is 4. The lowest BCUT2D eigenvalue weighted by atomic mass is 10.0. The molecule has 0 saturated heterocycles. The van der Waals surface area contributed by atoms with E-state index >= 15 is 0 Å². The number of hydrogen-bond acceptors (Lipinski definition) is 7. The van der Waals surface area contributed by atoms with Gasteiger partial charge in [-0.2, -0.15) is 0 Å². The van der Waals surface area contributed by atoms with Gasteiger partial charge in [0.05, 0.1) is 23.5 Å². The van der Waals surface area contributed by atoms with Crippen LogP contribution in [0.15, 0.2) is 55.1 Å². The first-order valence-electron chi connectivity index (χ1n) is 10.3. The van der Waals surface area contributed by atoms with Gasteiger partial charge in [-0.05, 0) is 43.2 Å². The second-order valence-corrected chi connectivity index (χ2v) is 7.45. The zero-order chi connectivity index (χ0) is 22.7. The van der Waals surface area contributed by atoms with E-state index in [1.807, 2.05) is 39.1 Å². The molecule has 0 aromatic carbocycles. The molecule has 4 aromatic rings. The lowest BCUT2D eigenvalue weighted by molar-refractivity contribution is 0.102. The summed E-state index contributed by atoms with van der Waals surface area (Å²) in [5.74, 6) is 0.386. The Morgan fingerprint density at radius 1 is 1.06 bits per heavy atom. The minimum absolute atomic E-state index is 0.232. The summed E-state index contributed by atoms with van der Waals surface area (Å²) in [5.41, 5.74) is 4.83. The van der Waals surface area contributed by atoms with E-state index in [0.717, 1.165) is 33.5 Å². The van der Waals surface area contributed by atoms with E-state index in [2.05, 4.69) is 30.6 Å². The minimum atomic E-state index is -0.628. The van der Waals surface area contributed by atoms with Crippen molar-refractivity contribution < 1.29 is 9.90 Å². The summed E-state index contributed by atoms with van der Waals surface area (Å²) in [4.78, 5) is 30.2. The van der Waals surface area contributed by atoms with Crippen LogP contribution in [0.1, 0.15) is 41.2 Å². The summed E-state index contributed by atoms with van der Waals surface area (Å²) in [5, 5.41) is 16.8. The lowest BCUT2D eigenvalue weighted by Gasteiger charge is -2.12. The molecule has 162 valence electrons. The number of aliphatic hydroxyl groups is 1. The third kappa shape index (κ3) is 4.40. The SMILES string of the molecule is CCC(O)c1ccnc(C(=O)Nc2cnc(C)c(-c3cnc4cc(NC)ncc4c3)c2)c1. The highest BCUT2D eigenvalue weighted by atomic mass is 16.3. The number of nitrogens with one attached hydrogen (secondary N) is 2. The Morgan fingerprint density at radius 2 is 1.91 bits per heavy atom. The van der Waals surface area contributed by atoms with Crippen molar-refractivity contribution in [2.45, 2.75) is 26.4 Å². The number of aliphatic hydroxyl groups excluding tert-OH is 1. The summed E-state index contributed by atoms with van der Waals surface area (Å²) in [6.45, 7) is 3.78. The van der Waals surface area contributed by atoms with Crippen molar-refractivity contribution in [3.05, 3.63) is 72.1 Å². The second kappa shape index (κ2) is 9.07. The highest BCUT2D eigenvalue weighted by Gasteiger charge is 2.14. The molecule has 1 amide bonds. The number of hydrogen-bond donors (Lipinski definition) is 3. The Bertz CT molecular complexity index is 1290. The highest BCUT2D eigenvalue weighted by Crippen LogP contribution is 2.27. The van der Waals surface area contributed by atoms with Crippen molar-refractivity contribution >= 4 is 28.3 Å². The van der Waals surface area contributed by atoms with Crippen molar-refractivity contribution in [2.75, 3.05) is 17.7 Å². The number of anilines is 2. The first kappa shape index (κ1) is 21.3. The molecule has 0 radical (unpaired) electrons. The largest absolute Gasteiger partial charge is 0.388 e. The molecule has 8 heteroatoms. The van der Waals surface area contributed by atoms with E-state index in [1.165, 1.54) is 6.20 Å². The summed E-state index contributed by atoms with van der Waals surface area (Å²) in [6.07, 6.45) is 6.62. The molecule has 0 aliphatic rings. The molecule has 4 rings (SSSR count). The predicted molar refractivity (Wildman–Crippen MR) is 124 cm³/mol. The fourth-order valence-electron chi connectivity index (χ4n) is 3.41. The maximum absolute atomic E-state index is 12.7. The van der Waals surface area contributed by atoms with Gasteiger partial charge in [-0.25, -0.2) is 4.98 Å². The number of fused-ring (bicyclic) bond motifs is 1. The fourth-order valence-corrected chi connectivity index (χ4v) is 3.41. The molecule has 4 aromatic heterocycles. The van der Waals surface area contributed by atoms with Gasteiger partial charge >= 0.3 is 0 Å². The van der Waals surface area contributed by atoms with Crippen LogP contribution >= 0.6 is 0 Å². The number of rotatable bonds is 6. The monoisotopic (exact) mass is 428 g/mol. The van der Waals surface area contributed by atoms with Gasteiger partial charge in [0, 0.05) is 53.9 Å². The molecule has 0 aliphatic heterocycles. The van der Waals surface area contributed by atoms with Crippen LogP contribution in [-0.4, -0.2) is 38.0 Å². The van der Waals surface area contributed by atoms with Crippen LogP contribution in [0, 0.1) is 6.92 Å². The quantitative estimate of drug-likeness (QED) is 0.423. The molecular formula is C24H24N6O2. The third-order valence-corrected chi connectivity index (χ3v) is 5.27. The molecule has 0 aliphatic carbocycles. The van der Waals surface area contributed by atoms with Gasteiger partial charge in [0.1, 0.15) is 11.5 Å². The molecule has 3 N–H and O–H groups in total. The number of carbonyl (C=O) groups excluding carboxylic acids is 1. The Morgan fingerprint density at radius 3 is 2.69 bits per heavy atom. The average molecular weight is 428 g/mol. The molecule has 8 nitrogen and oxygen atoms in total. The standard InChI is InChI=1S/C24H24N6O2/c1-4-22(31)15-5-6-26-21(8-15)24(32)30-18-9-19(14(2)27-13-18)16-7-17-12-29-23(25-3)10-20(17)28-11-16/h5-13,22,31H,4H2,1-3H3,(H,25,29)(H,30,32). The molecule has 1 atom stereocenters. The van der Waals surface area contributed by atoms with Gasteiger partial charge in [0.2, 0.25) is 0 Å². The van der Waals surface area contributed by atoms with Crippen LogP contribution in [0.4, 0.5) is 11.5 Å². The fraction of sp³-hybridized carbons (Fsp3) is 0.208.